The molecule has 3 fully saturated rings. The Labute approximate surface area is 147 Å². The van der Waals surface area contributed by atoms with Crippen molar-refractivity contribution in [2.45, 2.75) is 63.1 Å². The van der Waals surface area contributed by atoms with Gasteiger partial charge < -0.3 is 24.5 Å². The van der Waals surface area contributed by atoms with Crippen LogP contribution in [-0.2, 0) is 19.0 Å². The molecular weight excluding hydrogens is 342 g/mol. The Morgan fingerprint density at radius 2 is 2.08 bits per heavy atom. The number of H-pyrrole nitrogens is 1. The number of aromatic amines is 1. The number of rotatable bonds is 3. The summed E-state index contributed by atoms with van der Waals surface area (Å²) in [5.74, 6) is -1.04. The molecule has 0 bridgehead atoms. The van der Waals surface area contributed by atoms with Gasteiger partial charge >= 0.3 is 0 Å². The molecule has 2 aromatic heterocycles. The van der Waals surface area contributed by atoms with Crippen LogP contribution in [-0.4, -0.2) is 55.6 Å². The molecule has 0 unspecified atom stereocenters. The summed E-state index contributed by atoms with van der Waals surface area (Å²) in [5.41, 5.74) is 0.237. The van der Waals surface area contributed by atoms with Gasteiger partial charge in [-0.05, 0) is 26.7 Å². The highest BCUT2D eigenvalue weighted by Crippen LogP contribution is 2.43. The Bertz CT molecular complexity index is 932. The van der Waals surface area contributed by atoms with Crippen molar-refractivity contribution in [3.63, 3.8) is 0 Å². The summed E-state index contributed by atoms with van der Waals surface area (Å²) < 4.78 is 19.6. The smallest absolute Gasteiger partial charge is 0.278 e. The number of nitrogens with one attached hydrogen (secondary N) is 2. The zero-order chi connectivity index (χ0) is 18.1. The fourth-order valence-corrected chi connectivity index (χ4v) is 3.57. The zero-order valence-electron chi connectivity index (χ0n) is 14.3. The molecule has 4 heterocycles. The van der Waals surface area contributed by atoms with Crippen LogP contribution in [0.25, 0.3) is 11.2 Å². The van der Waals surface area contributed by atoms with Gasteiger partial charge in [0.2, 0.25) is 0 Å². The minimum absolute atomic E-state index is 0.205. The maximum Gasteiger partial charge on any atom is 0.278 e. The van der Waals surface area contributed by atoms with Crippen molar-refractivity contribution in [3.8, 4) is 0 Å². The first-order valence-electron chi connectivity index (χ1n) is 8.65. The quantitative estimate of drug-likeness (QED) is 0.778. The van der Waals surface area contributed by atoms with Crippen LogP contribution >= 0.6 is 0 Å². The lowest BCUT2D eigenvalue weighted by atomic mass is 10.1. The highest BCUT2D eigenvalue weighted by atomic mass is 16.8. The second-order valence-corrected chi connectivity index (χ2v) is 7.35. The van der Waals surface area contributed by atoms with Gasteiger partial charge in [0.05, 0.1) is 12.7 Å². The van der Waals surface area contributed by atoms with Crippen molar-refractivity contribution >= 4 is 17.1 Å². The third-order valence-corrected chi connectivity index (χ3v) is 4.85. The Morgan fingerprint density at radius 1 is 1.31 bits per heavy atom. The molecule has 138 valence electrons. The predicted octanol–water partition coefficient (Wildman–Crippen LogP) is -0.184. The minimum atomic E-state index is -0.837. The Kier molecular flexibility index (Phi) is 3.27. The van der Waals surface area contributed by atoms with E-state index in [0.717, 1.165) is 12.8 Å². The SMILES string of the molecule is CC1(C)O[C@@H]2[C@H](O1)[C@H](n1cnc3c(=O)[nH]cnc31)O[C@H]2C(=O)NC1CC1. The van der Waals surface area contributed by atoms with E-state index in [4.69, 9.17) is 14.2 Å². The van der Waals surface area contributed by atoms with Gasteiger partial charge in [-0.3, -0.25) is 14.2 Å². The predicted molar refractivity (Wildman–Crippen MR) is 87.0 cm³/mol. The first-order valence-corrected chi connectivity index (χ1v) is 8.65. The van der Waals surface area contributed by atoms with Crippen LogP contribution in [0, 0.1) is 0 Å². The van der Waals surface area contributed by atoms with Crippen LogP contribution in [0.4, 0.5) is 0 Å². The summed E-state index contributed by atoms with van der Waals surface area (Å²) in [5, 5.41) is 2.95. The molecule has 2 aromatic rings. The fraction of sp³-hybridized carbons (Fsp3) is 0.625. The van der Waals surface area contributed by atoms with Crippen LogP contribution in [0.1, 0.15) is 32.9 Å². The number of ether oxygens (including phenoxy) is 3. The summed E-state index contributed by atoms with van der Waals surface area (Å²) in [7, 11) is 0. The molecule has 1 saturated carbocycles. The second kappa shape index (κ2) is 5.35. The topological polar surface area (TPSA) is 120 Å². The molecule has 2 aliphatic heterocycles. The zero-order valence-corrected chi connectivity index (χ0v) is 14.3. The van der Waals surface area contributed by atoms with Crippen LogP contribution in [0.5, 0.6) is 0 Å². The highest BCUT2D eigenvalue weighted by molar-refractivity contribution is 5.82. The highest BCUT2D eigenvalue weighted by Gasteiger charge is 2.58. The molecule has 2 N–H and O–H groups in total. The van der Waals surface area contributed by atoms with Crippen LogP contribution < -0.4 is 10.9 Å². The number of hydrogen-bond donors (Lipinski definition) is 2. The van der Waals surface area contributed by atoms with Gasteiger partial charge in [0.15, 0.2) is 29.3 Å². The largest absolute Gasteiger partial charge is 0.351 e. The minimum Gasteiger partial charge on any atom is -0.351 e. The molecule has 26 heavy (non-hydrogen) atoms. The number of hydrogen-bond acceptors (Lipinski definition) is 7. The van der Waals surface area contributed by atoms with E-state index < -0.39 is 30.3 Å². The van der Waals surface area contributed by atoms with Crippen molar-refractivity contribution in [1.82, 2.24) is 24.8 Å². The molecule has 5 rings (SSSR count). The van der Waals surface area contributed by atoms with Crippen molar-refractivity contribution in [1.29, 1.82) is 0 Å². The van der Waals surface area contributed by atoms with E-state index in [1.54, 1.807) is 18.4 Å². The lowest BCUT2D eigenvalue weighted by molar-refractivity contribution is -0.197. The van der Waals surface area contributed by atoms with Gasteiger partial charge in [-0.15, -0.1) is 0 Å². The van der Waals surface area contributed by atoms with Crippen LogP contribution in [0.2, 0.25) is 0 Å². The van der Waals surface area contributed by atoms with E-state index >= 15 is 0 Å². The molecule has 0 radical (unpaired) electrons. The van der Waals surface area contributed by atoms with Gasteiger partial charge in [0, 0.05) is 6.04 Å². The van der Waals surface area contributed by atoms with Gasteiger partial charge in [0.25, 0.3) is 11.5 Å². The maximum atomic E-state index is 12.6. The molecule has 1 amide bonds. The summed E-state index contributed by atoms with van der Waals surface area (Å²) in [6.45, 7) is 3.60. The number of fused-ring (bicyclic) bond motifs is 2. The Hall–Kier alpha value is -2.30. The van der Waals surface area contributed by atoms with Crippen molar-refractivity contribution in [2.75, 3.05) is 0 Å². The van der Waals surface area contributed by atoms with E-state index in [1.165, 1.54) is 12.7 Å². The van der Waals surface area contributed by atoms with E-state index in [1.807, 2.05) is 0 Å². The summed E-state index contributed by atoms with van der Waals surface area (Å²) >= 11 is 0. The number of carbonyl (C=O) groups is 1. The lowest BCUT2D eigenvalue weighted by Crippen LogP contribution is -2.43. The first kappa shape index (κ1) is 15.9. The summed E-state index contributed by atoms with van der Waals surface area (Å²) in [6, 6.07) is 0.216. The van der Waals surface area contributed by atoms with Crippen LogP contribution in [0.15, 0.2) is 17.4 Å². The van der Waals surface area contributed by atoms with Crippen LogP contribution in [0.3, 0.4) is 0 Å². The van der Waals surface area contributed by atoms with Crippen molar-refractivity contribution < 1.29 is 19.0 Å². The van der Waals surface area contributed by atoms with Crippen molar-refractivity contribution in [3.05, 3.63) is 23.0 Å². The Morgan fingerprint density at radius 3 is 2.85 bits per heavy atom. The average Bonchev–Trinajstić information content (AvgIpc) is 3.04. The average molecular weight is 361 g/mol. The molecule has 0 aromatic carbocycles. The molecule has 2 saturated heterocycles. The van der Waals surface area contributed by atoms with Gasteiger partial charge in [-0.25, -0.2) is 9.97 Å². The van der Waals surface area contributed by atoms with Gasteiger partial charge in [-0.1, -0.05) is 0 Å². The number of carbonyl (C=O) groups excluding carboxylic acids is 1. The molecule has 0 spiro atoms. The first-order chi connectivity index (χ1) is 12.4. The molecule has 1 aliphatic carbocycles. The number of imidazole rings is 1. The van der Waals surface area contributed by atoms with E-state index in [2.05, 4.69) is 20.3 Å². The maximum absolute atomic E-state index is 12.6. The molecule has 10 heteroatoms. The third-order valence-electron chi connectivity index (χ3n) is 4.85. The lowest BCUT2D eigenvalue weighted by Gasteiger charge is -2.24. The van der Waals surface area contributed by atoms with E-state index in [0.29, 0.717) is 5.65 Å². The normalized spacial score (nSPS) is 32.7. The third kappa shape index (κ3) is 2.44. The van der Waals surface area contributed by atoms with Crippen molar-refractivity contribution in [2.24, 2.45) is 0 Å². The number of nitrogens with zero attached hydrogens (tertiary/aromatic N) is 3. The van der Waals surface area contributed by atoms with Gasteiger partial charge in [-0.2, -0.15) is 0 Å². The number of aromatic nitrogens is 4. The second-order valence-electron chi connectivity index (χ2n) is 7.35. The summed E-state index contributed by atoms with van der Waals surface area (Å²) in [4.78, 5) is 35.3. The monoisotopic (exact) mass is 361 g/mol. The molecule has 4 atom stereocenters. The number of amides is 1. The molecule has 10 nitrogen and oxygen atoms in total. The van der Waals surface area contributed by atoms with Gasteiger partial charge in [0.1, 0.15) is 12.2 Å². The summed E-state index contributed by atoms with van der Waals surface area (Å²) in [6.07, 6.45) is 2.22. The van der Waals surface area contributed by atoms with E-state index in [9.17, 15) is 9.59 Å². The molecular formula is C16H19N5O5. The Balaban J connectivity index is 1.52. The molecule has 3 aliphatic rings. The standard InChI is InChI=1S/C16H19N5O5/c1-16(2)25-9-10(14(23)20-7-3-4-7)24-15(11(9)26-16)21-6-19-8-12(21)17-5-18-13(8)22/h5-7,9-11,15H,3-4H2,1-2H3,(H,20,23)(H,17,18,22)/t9-,10+,11-,15+/m0/s1. The van der Waals surface area contributed by atoms with E-state index in [-0.39, 0.29) is 23.0 Å². The fourth-order valence-electron chi connectivity index (χ4n) is 3.57.